The van der Waals surface area contributed by atoms with Crippen LogP contribution in [0, 0.1) is 5.92 Å². The summed E-state index contributed by atoms with van der Waals surface area (Å²) < 4.78 is 0. The van der Waals surface area contributed by atoms with E-state index >= 15 is 0 Å². The molecule has 1 unspecified atom stereocenters. The number of unbranched alkanes of at least 4 members (excludes halogenated alkanes) is 1. The minimum Gasteiger partial charge on any atom is -0.312 e. The second kappa shape index (κ2) is 5.15. The second-order valence-corrected chi connectivity index (χ2v) is 4.55. The first-order valence-electron chi connectivity index (χ1n) is 6.16. The molecule has 1 atom stereocenters. The minimum absolute atomic E-state index is 0.285. The minimum atomic E-state index is 0.285. The molecule has 2 rings (SSSR count). The van der Waals surface area contributed by atoms with Crippen LogP contribution in [0.25, 0.3) is 0 Å². The molecule has 0 N–H and O–H groups in total. The van der Waals surface area contributed by atoms with E-state index in [0.29, 0.717) is 5.92 Å². The first-order valence-corrected chi connectivity index (χ1v) is 6.16. The van der Waals surface area contributed by atoms with Gasteiger partial charge in [0.05, 0.1) is 0 Å². The van der Waals surface area contributed by atoms with Gasteiger partial charge in [-0.25, -0.2) is 0 Å². The van der Waals surface area contributed by atoms with Crippen molar-refractivity contribution in [2.24, 2.45) is 5.92 Å². The maximum Gasteiger partial charge on any atom is 0.227 e. The molecule has 0 bridgehead atoms. The van der Waals surface area contributed by atoms with Crippen molar-refractivity contribution in [1.29, 1.82) is 0 Å². The monoisotopic (exact) mass is 217 g/mol. The van der Waals surface area contributed by atoms with Crippen molar-refractivity contribution < 1.29 is 4.79 Å². The molecule has 0 radical (unpaired) electrons. The normalized spacial score (nSPS) is 20.4. The Morgan fingerprint density at radius 3 is 2.75 bits per heavy atom. The van der Waals surface area contributed by atoms with Gasteiger partial charge in [0.2, 0.25) is 5.91 Å². The third-order valence-corrected chi connectivity index (χ3v) is 3.24. The first-order chi connectivity index (χ1) is 7.81. The van der Waals surface area contributed by atoms with Crippen LogP contribution in [0.3, 0.4) is 0 Å². The summed E-state index contributed by atoms with van der Waals surface area (Å²) in [5.41, 5.74) is 1.05. The van der Waals surface area contributed by atoms with Crippen molar-refractivity contribution in [2.45, 2.75) is 32.6 Å². The molecule has 16 heavy (non-hydrogen) atoms. The largest absolute Gasteiger partial charge is 0.312 e. The highest BCUT2D eigenvalue weighted by atomic mass is 16.2. The molecule has 2 heteroatoms. The summed E-state index contributed by atoms with van der Waals surface area (Å²) in [6, 6.07) is 9.99. The molecule has 1 aliphatic rings. The van der Waals surface area contributed by atoms with Crippen molar-refractivity contribution in [3.63, 3.8) is 0 Å². The number of carbonyl (C=O) groups is 1. The van der Waals surface area contributed by atoms with E-state index in [0.717, 1.165) is 18.7 Å². The topological polar surface area (TPSA) is 20.3 Å². The van der Waals surface area contributed by atoms with Gasteiger partial charge >= 0.3 is 0 Å². The van der Waals surface area contributed by atoms with Gasteiger partial charge in [-0.15, -0.1) is 0 Å². The number of anilines is 1. The van der Waals surface area contributed by atoms with Crippen LogP contribution in [-0.4, -0.2) is 12.5 Å². The highest BCUT2D eigenvalue weighted by molar-refractivity contribution is 5.95. The fourth-order valence-corrected chi connectivity index (χ4v) is 2.33. The van der Waals surface area contributed by atoms with Crippen molar-refractivity contribution in [3.05, 3.63) is 30.3 Å². The number of nitrogens with zero attached hydrogens (tertiary/aromatic N) is 1. The zero-order valence-electron chi connectivity index (χ0n) is 9.86. The predicted octanol–water partition coefficient (Wildman–Crippen LogP) is 3.23. The number of hydrogen-bond donors (Lipinski definition) is 0. The molecule has 1 amide bonds. The van der Waals surface area contributed by atoms with Crippen LogP contribution < -0.4 is 4.90 Å². The summed E-state index contributed by atoms with van der Waals surface area (Å²) in [7, 11) is 0. The third kappa shape index (κ3) is 2.43. The highest BCUT2D eigenvalue weighted by Gasteiger charge is 2.29. The Labute approximate surface area is 97.3 Å². The van der Waals surface area contributed by atoms with Crippen molar-refractivity contribution in [1.82, 2.24) is 0 Å². The highest BCUT2D eigenvalue weighted by Crippen LogP contribution is 2.27. The molecular weight excluding hydrogens is 198 g/mol. The summed E-state index contributed by atoms with van der Waals surface area (Å²) in [6.07, 6.45) is 4.37. The number of rotatable bonds is 4. The maximum absolute atomic E-state index is 11.9. The Bertz CT molecular complexity index is 347. The van der Waals surface area contributed by atoms with E-state index in [-0.39, 0.29) is 5.91 Å². The van der Waals surface area contributed by atoms with Crippen LogP contribution in [0.5, 0.6) is 0 Å². The molecule has 1 saturated heterocycles. The average Bonchev–Trinajstić information content (AvgIpc) is 2.69. The van der Waals surface area contributed by atoms with E-state index in [1.165, 1.54) is 19.3 Å². The number of amides is 1. The Morgan fingerprint density at radius 2 is 2.06 bits per heavy atom. The molecule has 1 fully saturated rings. The van der Waals surface area contributed by atoms with Crippen molar-refractivity contribution >= 4 is 11.6 Å². The molecule has 1 aromatic rings. The number of benzene rings is 1. The first kappa shape index (κ1) is 11.2. The van der Waals surface area contributed by atoms with Gasteiger partial charge in [0.15, 0.2) is 0 Å². The predicted molar refractivity (Wildman–Crippen MR) is 66.4 cm³/mol. The van der Waals surface area contributed by atoms with Gasteiger partial charge in [0.1, 0.15) is 0 Å². The second-order valence-electron chi connectivity index (χ2n) is 4.55. The average molecular weight is 217 g/mol. The van der Waals surface area contributed by atoms with Crippen LogP contribution in [0.15, 0.2) is 30.3 Å². The number of carbonyl (C=O) groups excluding carboxylic acids is 1. The summed E-state index contributed by atoms with van der Waals surface area (Å²) in [5, 5.41) is 0. The fourth-order valence-electron chi connectivity index (χ4n) is 2.33. The van der Waals surface area contributed by atoms with Gasteiger partial charge in [-0.2, -0.15) is 0 Å². The van der Waals surface area contributed by atoms with Crippen molar-refractivity contribution in [2.75, 3.05) is 11.4 Å². The van der Waals surface area contributed by atoms with Crippen LogP contribution in [-0.2, 0) is 4.79 Å². The van der Waals surface area contributed by atoms with Gasteiger partial charge in [0.25, 0.3) is 0 Å². The standard InChI is InChI=1S/C14H19NO/c1-2-3-7-12-10-14(16)15(11-12)13-8-5-4-6-9-13/h4-6,8-9,12H,2-3,7,10-11H2,1H3. The van der Waals surface area contributed by atoms with E-state index in [2.05, 4.69) is 6.92 Å². The summed E-state index contributed by atoms with van der Waals surface area (Å²) in [4.78, 5) is 13.8. The summed E-state index contributed by atoms with van der Waals surface area (Å²) in [6.45, 7) is 3.11. The zero-order valence-corrected chi connectivity index (χ0v) is 9.86. The van der Waals surface area contributed by atoms with Crippen LogP contribution >= 0.6 is 0 Å². The molecule has 2 nitrogen and oxygen atoms in total. The van der Waals surface area contributed by atoms with E-state index < -0.39 is 0 Å². The van der Waals surface area contributed by atoms with Gasteiger partial charge < -0.3 is 4.90 Å². The molecular formula is C14H19NO. The Balaban J connectivity index is 2.00. The fraction of sp³-hybridized carbons (Fsp3) is 0.500. The Kier molecular flexibility index (Phi) is 3.60. The lowest BCUT2D eigenvalue weighted by Gasteiger charge is -2.16. The lowest BCUT2D eigenvalue weighted by atomic mass is 10.0. The molecule has 0 saturated carbocycles. The van der Waals surface area contributed by atoms with Crippen molar-refractivity contribution in [3.8, 4) is 0 Å². The van der Waals surface area contributed by atoms with Gasteiger partial charge in [-0.3, -0.25) is 4.79 Å². The molecule has 0 aliphatic carbocycles. The maximum atomic E-state index is 11.9. The van der Waals surface area contributed by atoms with Crippen LogP contribution in [0.4, 0.5) is 5.69 Å². The number of para-hydroxylation sites is 1. The van der Waals surface area contributed by atoms with E-state index in [9.17, 15) is 4.79 Å². The molecule has 0 spiro atoms. The quantitative estimate of drug-likeness (QED) is 0.758. The zero-order chi connectivity index (χ0) is 11.4. The van der Waals surface area contributed by atoms with Crippen LogP contribution in [0.1, 0.15) is 32.6 Å². The lowest BCUT2D eigenvalue weighted by molar-refractivity contribution is -0.117. The van der Waals surface area contributed by atoms with E-state index in [1.54, 1.807) is 0 Å². The lowest BCUT2D eigenvalue weighted by Crippen LogP contribution is -2.24. The van der Waals surface area contributed by atoms with E-state index in [4.69, 9.17) is 0 Å². The van der Waals surface area contributed by atoms with Crippen LogP contribution in [0.2, 0.25) is 0 Å². The molecule has 1 aliphatic heterocycles. The number of hydrogen-bond acceptors (Lipinski definition) is 1. The Hall–Kier alpha value is -1.31. The summed E-state index contributed by atoms with van der Waals surface area (Å²) >= 11 is 0. The smallest absolute Gasteiger partial charge is 0.227 e. The third-order valence-electron chi connectivity index (χ3n) is 3.24. The molecule has 0 aromatic heterocycles. The van der Waals surface area contributed by atoms with Gasteiger partial charge in [-0.05, 0) is 24.5 Å². The summed E-state index contributed by atoms with van der Waals surface area (Å²) in [5.74, 6) is 0.847. The van der Waals surface area contributed by atoms with Gasteiger partial charge in [0, 0.05) is 18.7 Å². The SMILES string of the molecule is CCCCC1CC(=O)N(c2ccccc2)C1. The molecule has 86 valence electrons. The Morgan fingerprint density at radius 1 is 1.31 bits per heavy atom. The van der Waals surface area contributed by atoms with E-state index in [1.807, 2.05) is 35.2 Å². The molecule has 1 heterocycles. The molecule has 1 aromatic carbocycles. The van der Waals surface area contributed by atoms with Gasteiger partial charge in [-0.1, -0.05) is 38.0 Å².